The third-order valence-electron chi connectivity index (χ3n) is 12.9. The quantitative estimate of drug-likeness (QED) is 0.0241. The predicted molar refractivity (Wildman–Crippen MR) is 308 cm³/mol. The maximum absolute atomic E-state index is 14.6. The van der Waals surface area contributed by atoms with Crippen LogP contribution in [0.3, 0.4) is 0 Å². The van der Waals surface area contributed by atoms with Crippen LogP contribution in [0, 0.1) is 0 Å². The minimum atomic E-state index is -1.34. The molecule has 0 spiro atoms. The molecule has 8 rings (SSSR count). The number of nitrogens with zero attached hydrogens (tertiary/aromatic N) is 4. The van der Waals surface area contributed by atoms with E-state index in [0.717, 1.165) is 38.9 Å². The lowest BCUT2D eigenvalue weighted by Gasteiger charge is -2.15. The maximum Gasteiger partial charge on any atom is 0.263 e. The van der Waals surface area contributed by atoms with E-state index in [0.29, 0.717) is 65.6 Å². The van der Waals surface area contributed by atoms with Gasteiger partial charge in [-0.15, -0.1) is 0 Å². The summed E-state index contributed by atoms with van der Waals surface area (Å²) < 4.78 is 7.77. The Bertz CT molecular complexity index is 3660. The van der Waals surface area contributed by atoms with Crippen LogP contribution in [0.25, 0.3) is 22.3 Å². The molecule has 8 radical (unpaired) electrons. The van der Waals surface area contributed by atoms with Crippen LogP contribution in [-0.2, 0) is 35.8 Å². The van der Waals surface area contributed by atoms with Crippen LogP contribution in [0.1, 0.15) is 56.3 Å². The van der Waals surface area contributed by atoms with E-state index in [1.807, 2.05) is 177 Å². The van der Waals surface area contributed by atoms with E-state index >= 15 is 0 Å². The van der Waals surface area contributed by atoms with Gasteiger partial charge in [-0.1, -0.05) is 131 Å². The summed E-state index contributed by atoms with van der Waals surface area (Å²) in [5, 5.41) is 11.1. The van der Waals surface area contributed by atoms with Gasteiger partial charge >= 0.3 is 0 Å². The Morgan fingerprint density at radius 2 is 0.949 bits per heavy atom. The number of hydrogen-bond donors (Lipinski definition) is 5. The molecule has 4 aromatic heterocycles. The Labute approximate surface area is 466 Å². The van der Waals surface area contributed by atoms with Gasteiger partial charge in [-0.05, 0) is 43.7 Å². The zero-order valence-electron chi connectivity index (χ0n) is 43.9. The molecule has 0 aliphatic rings. The Morgan fingerprint density at radius 1 is 0.544 bits per heavy atom. The summed E-state index contributed by atoms with van der Waals surface area (Å²) in [4.78, 5) is 55.0. The number of carbonyl (C=O) groups is 4. The van der Waals surface area contributed by atoms with Gasteiger partial charge in [0.2, 0.25) is 11.8 Å². The number of aromatic nitrogens is 4. The van der Waals surface area contributed by atoms with Crippen LogP contribution in [-0.4, -0.2) is 74.1 Å². The SMILES string of the molecule is [B]c1ccccc1C[n+]1cccc(-c2cc(C(=O)NC(N)=C=CC(NC(=O)c3cc(-c4ccc[n+](Cc5ccccc5[B])c4)c[n+](Cc4ccccc4[B])c3)C(=O)NCCCNC(=O)C(=C)C)c[n+](Cc3ccccc3[B])c2)c1. The van der Waals surface area contributed by atoms with Crippen molar-refractivity contribution in [1.82, 2.24) is 21.3 Å². The van der Waals surface area contributed by atoms with Gasteiger partial charge in [0.1, 0.15) is 54.4 Å². The first-order valence-corrected chi connectivity index (χ1v) is 25.6. The summed E-state index contributed by atoms with van der Waals surface area (Å²) in [5.74, 6) is -2.28. The van der Waals surface area contributed by atoms with Crippen molar-refractivity contribution < 1.29 is 37.4 Å². The Kier molecular flexibility index (Phi) is 18.8. The molecule has 17 heteroatoms. The summed E-state index contributed by atoms with van der Waals surface area (Å²) in [5.41, 5.74) is 19.4. The summed E-state index contributed by atoms with van der Waals surface area (Å²) in [6, 6.07) is 40.2. The van der Waals surface area contributed by atoms with Crippen molar-refractivity contribution in [3.05, 3.63) is 246 Å². The minimum absolute atomic E-state index is 0.148. The molecule has 8 aromatic rings. The van der Waals surface area contributed by atoms with Crippen LogP contribution in [0.15, 0.2) is 213 Å². The number of hydrogen-bond acceptors (Lipinski definition) is 5. The highest BCUT2D eigenvalue weighted by molar-refractivity contribution is 6.34. The van der Waals surface area contributed by atoms with Crippen LogP contribution >= 0.6 is 0 Å². The third kappa shape index (κ3) is 15.7. The van der Waals surface area contributed by atoms with Crippen LogP contribution < -0.4 is 67.1 Å². The number of nitrogens with two attached hydrogens (primary N) is 1. The van der Waals surface area contributed by atoms with Crippen LogP contribution in [0.4, 0.5) is 0 Å². The van der Waals surface area contributed by atoms with Gasteiger partial charge in [0.15, 0.2) is 75.8 Å². The minimum Gasteiger partial charge on any atom is -0.379 e. The standard InChI is InChI=1S/C62H53B4N9O4/c1-42(2)59(76)68-26-13-27-69-62(79)57(70-60(77)51-30-49(38-74(40-51)36-47-16-5-9-22-55(47)65)43-18-11-28-72(32-43)34-45-14-3-7-20-53(45)63)24-25-58(67)71-61(78)52-31-50(39-75(41-52)37-48-17-6-10-23-56(48)66)44-19-12-29-73(33-44)35-46-15-4-8-21-54(46)64/h3-12,14-24,28-33,38-41,57H,1,13,26-27,34-37,67H2,2H3/p+4. The number of nitrogens with one attached hydrogen (secondary N) is 4. The molecule has 0 fully saturated rings. The van der Waals surface area contributed by atoms with Crippen molar-refractivity contribution in [2.45, 2.75) is 45.6 Å². The lowest BCUT2D eigenvalue weighted by atomic mass is 9.90. The molecule has 4 heterocycles. The van der Waals surface area contributed by atoms with Crippen LogP contribution in [0.5, 0.6) is 0 Å². The van der Waals surface area contributed by atoms with E-state index in [1.165, 1.54) is 6.08 Å². The fraction of sp³-hybridized carbons (Fsp3) is 0.145. The number of amides is 4. The topological polar surface area (TPSA) is 158 Å². The van der Waals surface area contributed by atoms with Gasteiger partial charge in [-0.2, -0.15) is 9.13 Å². The van der Waals surface area contributed by atoms with Crippen LogP contribution in [0.2, 0.25) is 0 Å². The molecule has 4 amide bonds. The molecule has 0 aliphatic heterocycles. The van der Waals surface area contributed by atoms with Gasteiger partial charge in [-0.25, -0.2) is 9.13 Å². The Balaban J connectivity index is 1.09. The van der Waals surface area contributed by atoms with E-state index < -0.39 is 23.8 Å². The van der Waals surface area contributed by atoms with E-state index in [1.54, 1.807) is 31.5 Å². The van der Waals surface area contributed by atoms with Gasteiger partial charge < -0.3 is 27.0 Å². The second-order valence-electron chi connectivity index (χ2n) is 19.1. The van der Waals surface area contributed by atoms with Gasteiger partial charge in [0, 0.05) is 53.0 Å². The summed E-state index contributed by atoms with van der Waals surface area (Å²) in [7, 11) is 25.4. The summed E-state index contributed by atoms with van der Waals surface area (Å²) >= 11 is 0. The summed E-state index contributed by atoms with van der Waals surface area (Å²) in [6.45, 7) is 7.40. The second kappa shape index (κ2) is 26.6. The zero-order chi connectivity index (χ0) is 55.8. The highest BCUT2D eigenvalue weighted by Gasteiger charge is 2.24. The van der Waals surface area contributed by atoms with Gasteiger partial charge in [0.05, 0.1) is 22.3 Å². The Hall–Kier alpha value is -9.32. The lowest BCUT2D eigenvalue weighted by Crippen LogP contribution is -2.47. The largest absolute Gasteiger partial charge is 0.379 e. The first-order chi connectivity index (χ1) is 38.1. The molecular formula is C62H57B4N9O4+4. The highest BCUT2D eigenvalue weighted by atomic mass is 16.2. The first-order valence-electron chi connectivity index (χ1n) is 25.6. The van der Waals surface area contributed by atoms with Gasteiger partial charge in [0.25, 0.3) is 11.8 Å². The smallest absolute Gasteiger partial charge is 0.263 e. The van der Waals surface area contributed by atoms with Crippen molar-refractivity contribution in [3.63, 3.8) is 0 Å². The normalized spacial score (nSPS) is 11.1. The van der Waals surface area contributed by atoms with Gasteiger partial charge in [-0.3, -0.25) is 19.2 Å². The molecule has 79 heavy (non-hydrogen) atoms. The lowest BCUT2D eigenvalue weighted by molar-refractivity contribution is -0.689. The van der Waals surface area contributed by atoms with Crippen molar-refractivity contribution in [1.29, 1.82) is 0 Å². The average Bonchev–Trinajstić information content (AvgIpc) is 3.44. The highest BCUT2D eigenvalue weighted by Crippen LogP contribution is 2.20. The molecule has 1 unspecified atom stereocenters. The average molecular weight is 1040 g/mol. The molecule has 382 valence electrons. The summed E-state index contributed by atoms with van der Waals surface area (Å²) in [6.07, 6.45) is 16.7. The van der Waals surface area contributed by atoms with Crippen molar-refractivity contribution in [2.75, 3.05) is 13.1 Å². The number of benzene rings is 4. The molecule has 0 saturated carbocycles. The molecule has 0 saturated heterocycles. The molecular weight excluding hydrogens is 978 g/mol. The van der Waals surface area contributed by atoms with Crippen molar-refractivity contribution in [2.24, 2.45) is 5.73 Å². The molecule has 0 aliphatic carbocycles. The zero-order valence-corrected chi connectivity index (χ0v) is 43.9. The number of rotatable bonds is 21. The molecule has 4 aromatic carbocycles. The van der Waals surface area contributed by atoms with Crippen molar-refractivity contribution >= 4 is 76.9 Å². The second-order valence-corrected chi connectivity index (χ2v) is 19.1. The molecule has 13 nitrogen and oxygen atoms in total. The number of carbonyl (C=O) groups excluding carboxylic acids is 4. The van der Waals surface area contributed by atoms with E-state index in [4.69, 9.17) is 37.1 Å². The van der Waals surface area contributed by atoms with E-state index in [9.17, 15) is 19.2 Å². The third-order valence-corrected chi connectivity index (χ3v) is 12.9. The fourth-order valence-corrected chi connectivity index (χ4v) is 8.68. The van der Waals surface area contributed by atoms with E-state index in [-0.39, 0.29) is 35.9 Å². The van der Waals surface area contributed by atoms with E-state index in [2.05, 4.69) is 33.6 Å². The predicted octanol–water partition coefficient (Wildman–Crippen LogP) is 1.22. The molecule has 1 atom stereocenters. The Morgan fingerprint density at radius 3 is 1.39 bits per heavy atom. The molecule has 6 N–H and O–H groups in total. The first kappa shape index (κ1) is 55.9. The fourth-order valence-electron chi connectivity index (χ4n) is 8.68. The number of pyridine rings is 4. The maximum atomic E-state index is 14.6. The van der Waals surface area contributed by atoms with Crippen molar-refractivity contribution in [3.8, 4) is 22.3 Å². The monoisotopic (exact) mass is 1040 g/mol. The molecule has 0 bridgehead atoms.